The lowest BCUT2D eigenvalue weighted by atomic mass is 10.1. The molecule has 2 N–H and O–H groups in total. The molecule has 0 saturated heterocycles. The van der Waals surface area contributed by atoms with E-state index >= 15 is 0 Å². The Morgan fingerprint density at radius 1 is 1.17 bits per heavy atom. The highest BCUT2D eigenvalue weighted by Crippen LogP contribution is 2.14. The van der Waals surface area contributed by atoms with Gasteiger partial charge in [-0.15, -0.1) is 0 Å². The third-order valence-electron chi connectivity index (χ3n) is 2.85. The molecule has 0 radical (unpaired) electrons. The molecule has 1 rings (SSSR count). The molecular weight excluding hydrogens is 226 g/mol. The molecule has 0 spiro atoms. The van der Waals surface area contributed by atoms with Crippen molar-refractivity contribution < 1.29 is 9.53 Å². The lowest BCUT2D eigenvalue weighted by molar-refractivity contribution is -0.117. The van der Waals surface area contributed by atoms with Gasteiger partial charge in [0.15, 0.2) is 0 Å². The largest absolute Gasteiger partial charge is 0.494 e. The van der Waals surface area contributed by atoms with E-state index in [0.29, 0.717) is 12.8 Å². The average Bonchev–Trinajstić information content (AvgIpc) is 2.37. The van der Waals surface area contributed by atoms with Crippen LogP contribution in [0.15, 0.2) is 24.3 Å². The Hall–Kier alpha value is -1.51. The second-order valence-electron chi connectivity index (χ2n) is 4.52. The van der Waals surface area contributed by atoms with Crippen molar-refractivity contribution in [1.82, 2.24) is 0 Å². The maximum atomic E-state index is 10.7. The van der Waals surface area contributed by atoms with Crippen molar-refractivity contribution in [3.8, 4) is 5.75 Å². The fraction of sp³-hybridized carbons (Fsp3) is 0.533. The third-order valence-corrected chi connectivity index (χ3v) is 2.85. The molecule has 0 fully saturated rings. The van der Waals surface area contributed by atoms with Gasteiger partial charge in [0.2, 0.25) is 5.91 Å². The monoisotopic (exact) mass is 249 g/mol. The number of rotatable bonds is 9. The number of carbonyl (C=O) groups excluding carboxylic acids is 1. The van der Waals surface area contributed by atoms with Crippen molar-refractivity contribution in [3.05, 3.63) is 29.8 Å². The van der Waals surface area contributed by atoms with E-state index in [4.69, 9.17) is 10.5 Å². The van der Waals surface area contributed by atoms with Crippen LogP contribution in [-0.4, -0.2) is 12.5 Å². The summed E-state index contributed by atoms with van der Waals surface area (Å²) in [6.07, 6.45) is 5.96. The summed E-state index contributed by atoms with van der Waals surface area (Å²) in [5.41, 5.74) is 6.23. The first kappa shape index (κ1) is 14.6. The number of hydrogen-bond donors (Lipinski definition) is 1. The molecule has 0 aliphatic carbocycles. The first-order valence-corrected chi connectivity index (χ1v) is 6.72. The molecule has 0 aliphatic rings. The summed E-state index contributed by atoms with van der Waals surface area (Å²) in [5, 5.41) is 0. The van der Waals surface area contributed by atoms with Crippen LogP contribution in [0.2, 0.25) is 0 Å². The minimum atomic E-state index is -0.258. The van der Waals surface area contributed by atoms with Gasteiger partial charge < -0.3 is 10.5 Å². The molecule has 0 aliphatic heterocycles. The average molecular weight is 249 g/mol. The van der Waals surface area contributed by atoms with Crippen LogP contribution in [0.5, 0.6) is 5.75 Å². The van der Waals surface area contributed by atoms with Crippen LogP contribution >= 0.6 is 0 Å². The molecule has 0 atom stereocenters. The Bertz CT molecular complexity index is 346. The van der Waals surface area contributed by atoms with Crippen molar-refractivity contribution >= 4 is 5.91 Å². The van der Waals surface area contributed by atoms with E-state index in [-0.39, 0.29) is 5.91 Å². The topological polar surface area (TPSA) is 52.3 Å². The summed E-state index contributed by atoms with van der Waals surface area (Å²) in [4.78, 5) is 10.7. The minimum absolute atomic E-state index is 0.258. The predicted octanol–water partition coefficient (Wildman–Crippen LogP) is 3.06. The summed E-state index contributed by atoms with van der Waals surface area (Å²) < 4.78 is 5.64. The molecule has 18 heavy (non-hydrogen) atoms. The number of benzene rings is 1. The number of primary amides is 1. The molecule has 1 aromatic rings. The summed E-state index contributed by atoms with van der Waals surface area (Å²) in [7, 11) is 0. The van der Waals surface area contributed by atoms with Gasteiger partial charge in [0.25, 0.3) is 0 Å². The van der Waals surface area contributed by atoms with Gasteiger partial charge in [-0.1, -0.05) is 38.3 Å². The lowest BCUT2D eigenvalue weighted by Crippen LogP contribution is -2.11. The molecular formula is C15H23NO2. The van der Waals surface area contributed by atoms with Gasteiger partial charge >= 0.3 is 0 Å². The number of carbonyl (C=O) groups is 1. The van der Waals surface area contributed by atoms with E-state index in [9.17, 15) is 4.79 Å². The second kappa shape index (κ2) is 8.56. The van der Waals surface area contributed by atoms with Gasteiger partial charge in [-0.25, -0.2) is 0 Å². The van der Waals surface area contributed by atoms with Crippen molar-refractivity contribution in [3.63, 3.8) is 0 Å². The van der Waals surface area contributed by atoms with Gasteiger partial charge in [-0.05, 0) is 30.5 Å². The molecule has 0 bridgehead atoms. The smallest absolute Gasteiger partial charge is 0.217 e. The zero-order valence-electron chi connectivity index (χ0n) is 11.2. The van der Waals surface area contributed by atoms with Crippen LogP contribution in [0.3, 0.4) is 0 Å². The SMILES string of the molecule is CCCCCCOc1ccc(CCC(N)=O)cc1. The Morgan fingerprint density at radius 3 is 2.50 bits per heavy atom. The van der Waals surface area contributed by atoms with Crippen molar-refractivity contribution in [1.29, 1.82) is 0 Å². The first-order valence-electron chi connectivity index (χ1n) is 6.72. The van der Waals surface area contributed by atoms with Crippen LogP contribution in [0.4, 0.5) is 0 Å². The molecule has 1 aromatic carbocycles. The molecule has 0 unspecified atom stereocenters. The lowest BCUT2D eigenvalue weighted by Gasteiger charge is -2.06. The Labute approximate surface area is 109 Å². The maximum Gasteiger partial charge on any atom is 0.217 e. The molecule has 0 heterocycles. The third kappa shape index (κ3) is 6.28. The number of ether oxygens (including phenoxy) is 1. The van der Waals surface area contributed by atoms with Crippen molar-refractivity contribution in [2.45, 2.75) is 45.4 Å². The summed E-state index contributed by atoms with van der Waals surface area (Å²) in [6.45, 7) is 2.98. The van der Waals surface area contributed by atoms with Crippen molar-refractivity contribution in [2.75, 3.05) is 6.61 Å². The molecule has 100 valence electrons. The highest BCUT2D eigenvalue weighted by Gasteiger charge is 1.98. The van der Waals surface area contributed by atoms with E-state index in [1.165, 1.54) is 19.3 Å². The molecule has 0 saturated carbocycles. The van der Waals surface area contributed by atoms with Crippen LogP contribution in [-0.2, 0) is 11.2 Å². The summed E-state index contributed by atoms with van der Waals surface area (Å²) >= 11 is 0. The minimum Gasteiger partial charge on any atom is -0.494 e. The fourth-order valence-electron chi connectivity index (χ4n) is 1.74. The highest BCUT2D eigenvalue weighted by molar-refractivity contribution is 5.73. The summed E-state index contributed by atoms with van der Waals surface area (Å²) in [6, 6.07) is 7.89. The van der Waals surface area contributed by atoms with E-state index < -0.39 is 0 Å². The van der Waals surface area contributed by atoms with Crippen molar-refractivity contribution in [2.24, 2.45) is 5.73 Å². The molecule has 3 heteroatoms. The van der Waals surface area contributed by atoms with Gasteiger partial charge in [0, 0.05) is 6.42 Å². The Kier molecular flexibility index (Phi) is 6.92. The van der Waals surface area contributed by atoms with Gasteiger partial charge in [-0.2, -0.15) is 0 Å². The first-order chi connectivity index (χ1) is 8.72. The van der Waals surface area contributed by atoms with Crippen LogP contribution in [0.25, 0.3) is 0 Å². The van der Waals surface area contributed by atoms with Gasteiger partial charge in [0.05, 0.1) is 6.61 Å². The summed E-state index contributed by atoms with van der Waals surface area (Å²) in [5.74, 6) is 0.639. The van der Waals surface area contributed by atoms with E-state index in [2.05, 4.69) is 6.92 Å². The second-order valence-corrected chi connectivity index (χ2v) is 4.52. The molecule has 0 aromatic heterocycles. The number of amides is 1. The number of hydrogen-bond acceptors (Lipinski definition) is 2. The van der Waals surface area contributed by atoms with E-state index in [1.54, 1.807) is 0 Å². The predicted molar refractivity (Wildman–Crippen MR) is 73.6 cm³/mol. The number of nitrogens with two attached hydrogens (primary N) is 1. The quantitative estimate of drug-likeness (QED) is 0.684. The zero-order chi connectivity index (χ0) is 13.2. The van der Waals surface area contributed by atoms with Gasteiger partial charge in [0.1, 0.15) is 5.75 Å². The normalized spacial score (nSPS) is 10.3. The zero-order valence-corrected chi connectivity index (χ0v) is 11.2. The fourth-order valence-corrected chi connectivity index (χ4v) is 1.74. The van der Waals surface area contributed by atoms with Crippen LogP contribution in [0.1, 0.15) is 44.6 Å². The standard InChI is InChI=1S/C15H23NO2/c1-2-3-4-5-12-18-14-9-6-13(7-10-14)8-11-15(16)17/h6-7,9-10H,2-5,8,11-12H2,1H3,(H2,16,17). The number of unbranched alkanes of at least 4 members (excludes halogenated alkanes) is 3. The maximum absolute atomic E-state index is 10.7. The van der Waals surface area contributed by atoms with Crippen LogP contribution in [0, 0.1) is 0 Å². The number of aryl methyl sites for hydroxylation is 1. The van der Waals surface area contributed by atoms with Crippen LogP contribution < -0.4 is 10.5 Å². The Balaban J connectivity index is 2.25. The van der Waals surface area contributed by atoms with E-state index in [1.807, 2.05) is 24.3 Å². The molecule has 1 amide bonds. The highest BCUT2D eigenvalue weighted by atomic mass is 16.5. The Morgan fingerprint density at radius 2 is 1.89 bits per heavy atom. The van der Waals surface area contributed by atoms with Gasteiger partial charge in [-0.3, -0.25) is 4.79 Å². The molecule has 3 nitrogen and oxygen atoms in total. The van der Waals surface area contributed by atoms with E-state index in [0.717, 1.165) is 24.3 Å².